The molecule has 88 valence electrons. The third kappa shape index (κ3) is 2.54. The van der Waals surface area contributed by atoms with Crippen molar-refractivity contribution in [2.75, 3.05) is 6.61 Å². The van der Waals surface area contributed by atoms with Gasteiger partial charge in [0.25, 0.3) is 0 Å². The Morgan fingerprint density at radius 3 is 2.94 bits per heavy atom. The summed E-state index contributed by atoms with van der Waals surface area (Å²) in [6, 6.07) is 2.97. The van der Waals surface area contributed by atoms with Gasteiger partial charge >= 0.3 is 0 Å². The molecule has 1 aliphatic carbocycles. The van der Waals surface area contributed by atoms with Crippen molar-refractivity contribution in [2.24, 2.45) is 5.92 Å². The summed E-state index contributed by atoms with van der Waals surface area (Å²) in [5.41, 5.74) is 1.37. The fourth-order valence-electron chi connectivity index (χ4n) is 2.26. The molecule has 1 aliphatic rings. The number of thiophene rings is 1. The van der Waals surface area contributed by atoms with Crippen LogP contribution in [-0.4, -0.2) is 17.8 Å². The topological polar surface area (TPSA) is 32.3 Å². The van der Waals surface area contributed by atoms with Crippen LogP contribution in [0.5, 0.6) is 0 Å². The van der Waals surface area contributed by atoms with Crippen molar-refractivity contribution >= 4 is 11.3 Å². The maximum atomic E-state index is 9.07. The molecule has 0 spiro atoms. The average Bonchev–Trinajstić information content (AvgIpc) is 2.86. The maximum Gasteiger partial charge on any atom is 0.0494 e. The van der Waals surface area contributed by atoms with Gasteiger partial charge in [-0.05, 0) is 37.3 Å². The summed E-state index contributed by atoms with van der Waals surface area (Å²) < 4.78 is 0. The second-order valence-electron chi connectivity index (χ2n) is 4.53. The Hall–Kier alpha value is -0.640. The predicted octanol–water partition coefficient (Wildman–Crippen LogP) is 2.64. The fourth-order valence-corrected chi connectivity index (χ4v) is 3.20. The maximum absolute atomic E-state index is 9.07. The van der Waals surface area contributed by atoms with Gasteiger partial charge in [0.2, 0.25) is 0 Å². The Kier molecular flexibility index (Phi) is 3.79. The molecule has 2 rings (SSSR count). The van der Waals surface area contributed by atoms with Crippen molar-refractivity contribution < 1.29 is 5.11 Å². The highest BCUT2D eigenvalue weighted by atomic mass is 32.1. The molecular formula is C13H19NOS. The van der Waals surface area contributed by atoms with E-state index in [-0.39, 0.29) is 6.61 Å². The molecule has 0 amide bonds. The van der Waals surface area contributed by atoms with E-state index in [2.05, 4.69) is 42.8 Å². The minimum absolute atomic E-state index is 0.265. The third-order valence-electron chi connectivity index (χ3n) is 3.17. The van der Waals surface area contributed by atoms with Gasteiger partial charge in [0.1, 0.15) is 0 Å². The minimum Gasteiger partial charge on any atom is -0.396 e. The van der Waals surface area contributed by atoms with Crippen molar-refractivity contribution in [1.29, 1.82) is 0 Å². The summed E-state index contributed by atoms with van der Waals surface area (Å²) in [6.07, 6.45) is 5.32. The second kappa shape index (κ2) is 5.13. The van der Waals surface area contributed by atoms with Gasteiger partial charge in [-0.15, -0.1) is 11.3 Å². The highest BCUT2D eigenvalue weighted by Crippen LogP contribution is 2.26. The number of aliphatic hydroxyl groups excluding tert-OH is 1. The van der Waals surface area contributed by atoms with E-state index in [4.69, 9.17) is 5.11 Å². The molecule has 1 aromatic heterocycles. The van der Waals surface area contributed by atoms with E-state index < -0.39 is 0 Å². The first-order valence-corrected chi connectivity index (χ1v) is 6.68. The van der Waals surface area contributed by atoms with E-state index in [1.807, 2.05) is 11.3 Å². The van der Waals surface area contributed by atoms with Crippen LogP contribution < -0.4 is 5.32 Å². The highest BCUT2D eigenvalue weighted by molar-refractivity contribution is 7.10. The zero-order chi connectivity index (χ0) is 11.5. The van der Waals surface area contributed by atoms with E-state index in [1.165, 1.54) is 10.4 Å². The van der Waals surface area contributed by atoms with Crippen LogP contribution in [0.2, 0.25) is 0 Å². The molecule has 2 nitrogen and oxygen atoms in total. The molecule has 0 aromatic carbocycles. The summed E-state index contributed by atoms with van der Waals surface area (Å²) in [4.78, 5) is 1.42. The first-order valence-electron chi connectivity index (χ1n) is 5.80. The Morgan fingerprint density at radius 2 is 2.38 bits per heavy atom. The lowest BCUT2D eigenvalue weighted by molar-refractivity contribution is 0.245. The summed E-state index contributed by atoms with van der Waals surface area (Å²) in [7, 11) is 0. The van der Waals surface area contributed by atoms with Crippen LogP contribution in [0.15, 0.2) is 23.6 Å². The number of rotatable bonds is 4. The van der Waals surface area contributed by atoms with E-state index in [0.29, 0.717) is 18.0 Å². The Morgan fingerprint density at radius 1 is 1.56 bits per heavy atom. The zero-order valence-corrected chi connectivity index (χ0v) is 10.6. The van der Waals surface area contributed by atoms with E-state index in [1.54, 1.807) is 0 Å². The first-order chi connectivity index (χ1) is 7.70. The lowest BCUT2D eigenvalue weighted by atomic mass is 10.1. The molecular weight excluding hydrogens is 218 g/mol. The molecule has 0 radical (unpaired) electrons. The lowest BCUT2D eigenvalue weighted by Gasteiger charge is -2.19. The van der Waals surface area contributed by atoms with Gasteiger partial charge in [0, 0.05) is 29.5 Å². The first kappa shape index (κ1) is 11.8. The summed E-state index contributed by atoms with van der Waals surface area (Å²) >= 11 is 1.81. The molecule has 0 bridgehead atoms. The van der Waals surface area contributed by atoms with Crippen LogP contribution in [0.1, 0.15) is 29.8 Å². The monoisotopic (exact) mass is 237 g/mol. The van der Waals surface area contributed by atoms with Gasteiger partial charge in [0.15, 0.2) is 0 Å². The van der Waals surface area contributed by atoms with Crippen molar-refractivity contribution in [3.05, 3.63) is 34.0 Å². The summed E-state index contributed by atoms with van der Waals surface area (Å²) in [5, 5.41) is 14.8. The fraction of sp³-hybridized carbons (Fsp3) is 0.538. The molecule has 16 heavy (non-hydrogen) atoms. The minimum atomic E-state index is 0.265. The van der Waals surface area contributed by atoms with E-state index >= 15 is 0 Å². The van der Waals surface area contributed by atoms with Crippen LogP contribution in [-0.2, 0) is 0 Å². The van der Waals surface area contributed by atoms with Crippen LogP contribution in [0.25, 0.3) is 0 Å². The van der Waals surface area contributed by atoms with Gasteiger partial charge in [-0.25, -0.2) is 0 Å². The van der Waals surface area contributed by atoms with Crippen molar-refractivity contribution in [3.8, 4) is 0 Å². The molecule has 3 heteroatoms. The van der Waals surface area contributed by atoms with Crippen LogP contribution >= 0.6 is 11.3 Å². The average molecular weight is 237 g/mol. The highest BCUT2D eigenvalue weighted by Gasteiger charge is 2.20. The zero-order valence-electron chi connectivity index (χ0n) is 9.81. The van der Waals surface area contributed by atoms with Crippen molar-refractivity contribution in [1.82, 2.24) is 5.32 Å². The standard InChI is InChI=1S/C13H19NOS/c1-9-5-6-16-13(9)10(2)14-12-4-3-11(7-12)8-15/h3-6,10-12,14-15H,7-8H2,1-2H3/t10-,11+,12-/m1/s1. The number of nitrogens with one attached hydrogen (secondary N) is 1. The molecule has 0 aliphatic heterocycles. The van der Waals surface area contributed by atoms with Crippen molar-refractivity contribution in [2.45, 2.75) is 32.4 Å². The van der Waals surface area contributed by atoms with Gasteiger partial charge in [0.05, 0.1) is 0 Å². The van der Waals surface area contributed by atoms with Gasteiger partial charge < -0.3 is 10.4 Å². The van der Waals surface area contributed by atoms with E-state index in [9.17, 15) is 0 Å². The molecule has 3 atom stereocenters. The molecule has 0 saturated heterocycles. The van der Waals surface area contributed by atoms with Gasteiger partial charge in [-0.2, -0.15) is 0 Å². The normalized spacial score (nSPS) is 26.2. The van der Waals surface area contributed by atoms with E-state index in [0.717, 1.165) is 6.42 Å². The number of aryl methyl sites for hydroxylation is 1. The smallest absolute Gasteiger partial charge is 0.0494 e. The van der Waals surface area contributed by atoms with Crippen LogP contribution in [0, 0.1) is 12.8 Å². The third-order valence-corrected chi connectivity index (χ3v) is 4.37. The summed E-state index contributed by atoms with van der Waals surface area (Å²) in [5.74, 6) is 0.342. The largest absolute Gasteiger partial charge is 0.396 e. The summed E-state index contributed by atoms with van der Waals surface area (Å²) in [6.45, 7) is 4.63. The Labute approximate surface area is 101 Å². The molecule has 0 saturated carbocycles. The SMILES string of the molecule is Cc1ccsc1[C@@H](C)N[C@@H]1C=C[C@H](CO)C1. The molecule has 0 unspecified atom stereocenters. The number of hydrogen-bond donors (Lipinski definition) is 2. The second-order valence-corrected chi connectivity index (χ2v) is 5.47. The lowest BCUT2D eigenvalue weighted by Crippen LogP contribution is -2.29. The number of aliphatic hydroxyl groups is 1. The van der Waals surface area contributed by atoms with Crippen LogP contribution in [0.3, 0.4) is 0 Å². The Balaban J connectivity index is 1.92. The molecule has 2 N–H and O–H groups in total. The molecule has 1 heterocycles. The Bertz CT molecular complexity index is 372. The van der Waals surface area contributed by atoms with Crippen LogP contribution in [0.4, 0.5) is 0 Å². The van der Waals surface area contributed by atoms with Gasteiger partial charge in [-0.3, -0.25) is 0 Å². The van der Waals surface area contributed by atoms with Gasteiger partial charge in [-0.1, -0.05) is 12.2 Å². The molecule has 1 aromatic rings. The predicted molar refractivity (Wildman–Crippen MR) is 68.7 cm³/mol. The van der Waals surface area contributed by atoms with Crippen molar-refractivity contribution in [3.63, 3.8) is 0 Å². The quantitative estimate of drug-likeness (QED) is 0.789. The molecule has 0 fully saturated rings. The number of hydrogen-bond acceptors (Lipinski definition) is 3.